The Balaban J connectivity index is 1.68. The third-order valence-electron chi connectivity index (χ3n) is 3.45. The van der Waals surface area contributed by atoms with Crippen LogP contribution in [0.25, 0.3) is 6.08 Å². The Hall–Kier alpha value is -2.16. The Morgan fingerprint density at radius 3 is 2.85 bits per heavy atom. The third-order valence-corrected chi connectivity index (χ3v) is 5.65. The van der Waals surface area contributed by atoms with Crippen molar-refractivity contribution in [2.24, 2.45) is 0 Å². The second-order valence-electron chi connectivity index (χ2n) is 5.26. The lowest BCUT2D eigenvalue weighted by Crippen LogP contribution is -2.36. The van der Waals surface area contributed by atoms with Gasteiger partial charge in [-0.2, -0.15) is 0 Å². The Kier molecular flexibility index (Phi) is 6.08. The van der Waals surface area contributed by atoms with Crippen LogP contribution in [0.15, 0.2) is 46.7 Å². The molecule has 1 fully saturated rings. The fourth-order valence-electron chi connectivity index (χ4n) is 2.32. The standard InChI is InChI=1S/C18H16N2O3S3/c1-2-23-14-8-4-3-7-13(14)19-16(21)11-20-17(22)15(26-18(20)24)10-12-6-5-9-25-12/h3-10H,2,11H2,1H3,(H,19,21)/b15-10+. The van der Waals surface area contributed by atoms with Gasteiger partial charge in [-0.3, -0.25) is 14.5 Å². The van der Waals surface area contributed by atoms with Crippen molar-refractivity contribution in [2.45, 2.75) is 6.92 Å². The van der Waals surface area contributed by atoms with Gasteiger partial charge in [-0.05, 0) is 36.6 Å². The first-order valence-corrected chi connectivity index (χ1v) is 9.99. The molecule has 1 aromatic heterocycles. The van der Waals surface area contributed by atoms with Crippen LogP contribution < -0.4 is 10.1 Å². The number of nitrogens with zero attached hydrogens (tertiary/aromatic N) is 1. The maximum Gasteiger partial charge on any atom is 0.266 e. The second-order valence-corrected chi connectivity index (χ2v) is 7.92. The minimum atomic E-state index is -0.328. The molecule has 1 aromatic carbocycles. The Morgan fingerprint density at radius 2 is 2.12 bits per heavy atom. The highest BCUT2D eigenvalue weighted by Crippen LogP contribution is 2.33. The van der Waals surface area contributed by atoms with Crippen molar-refractivity contribution in [3.63, 3.8) is 0 Å². The van der Waals surface area contributed by atoms with Crippen molar-refractivity contribution >= 4 is 63.2 Å². The average molecular weight is 405 g/mol. The van der Waals surface area contributed by atoms with Crippen molar-refractivity contribution in [1.82, 2.24) is 4.90 Å². The molecule has 0 saturated carbocycles. The first-order valence-electron chi connectivity index (χ1n) is 7.89. The van der Waals surface area contributed by atoms with Gasteiger partial charge >= 0.3 is 0 Å². The number of anilines is 1. The summed E-state index contributed by atoms with van der Waals surface area (Å²) in [5.74, 6) is 0.0128. The Labute approximate surface area is 165 Å². The molecule has 1 aliphatic heterocycles. The van der Waals surface area contributed by atoms with E-state index in [1.807, 2.05) is 36.6 Å². The molecule has 0 aliphatic carbocycles. The van der Waals surface area contributed by atoms with E-state index in [0.717, 1.165) is 4.88 Å². The lowest BCUT2D eigenvalue weighted by atomic mass is 10.3. The van der Waals surface area contributed by atoms with Gasteiger partial charge in [0.15, 0.2) is 0 Å². The number of thiocarbonyl (C=S) groups is 1. The number of hydrogen-bond acceptors (Lipinski definition) is 6. The summed E-state index contributed by atoms with van der Waals surface area (Å²) in [7, 11) is 0. The van der Waals surface area contributed by atoms with Crippen LogP contribution in [0.5, 0.6) is 5.75 Å². The summed E-state index contributed by atoms with van der Waals surface area (Å²) in [5, 5.41) is 4.72. The number of carbonyl (C=O) groups is 2. The molecule has 0 atom stereocenters. The molecule has 5 nitrogen and oxygen atoms in total. The number of ether oxygens (including phenoxy) is 1. The van der Waals surface area contributed by atoms with E-state index >= 15 is 0 Å². The number of amides is 2. The van der Waals surface area contributed by atoms with E-state index in [9.17, 15) is 9.59 Å². The lowest BCUT2D eigenvalue weighted by molar-refractivity contribution is -0.126. The summed E-state index contributed by atoms with van der Waals surface area (Å²) in [5.41, 5.74) is 0.568. The van der Waals surface area contributed by atoms with Crippen LogP contribution in [0.4, 0.5) is 5.69 Å². The zero-order chi connectivity index (χ0) is 18.5. The minimum Gasteiger partial charge on any atom is -0.492 e. The van der Waals surface area contributed by atoms with E-state index in [1.54, 1.807) is 18.2 Å². The normalized spacial score (nSPS) is 15.6. The molecule has 2 heterocycles. The first kappa shape index (κ1) is 18.6. The highest BCUT2D eigenvalue weighted by Gasteiger charge is 2.33. The molecular weight excluding hydrogens is 388 g/mol. The van der Waals surface area contributed by atoms with E-state index < -0.39 is 0 Å². The maximum absolute atomic E-state index is 12.5. The minimum absolute atomic E-state index is 0.132. The smallest absolute Gasteiger partial charge is 0.266 e. The van der Waals surface area contributed by atoms with Gasteiger partial charge in [-0.1, -0.05) is 42.2 Å². The first-order chi connectivity index (χ1) is 12.6. The topological polar surface area (TPSA) is 58.6 Å². The molecule has 0 unspecified atom stereocenters. The van der Waals surface area contributed by atoms with Gasteiger partial charge in [-0.25, -0.2) is 0 Å². The summed E-state index contributed by atoms with van der Waals surface area (Å²) in [4.78, 5) is 27.8. The van der Waals surface area contributed by atoms with Gasteiger partial charge in [0.2, 0.25) is 5.91 Å². The fraction of sp³-hybridized carbons (Fsp3) is 0.167. The van der Waals surface area contributed by atoms with Crippen molar-refractivity contribution in [3.05, 3.63) is 51.6 Å². The predicted molar refractivity (Wildman–Crippen MR) is 110 cm³/mol. The van der Waals surface area contributed by atoms with Crippen LogP contribution in [0.2, 0.25) is 0 Å². The third kappa shape index (κ3) is 4.32. The van der Waals surface area contributed by atoms with Gasteiger partial charge < -0.3 is 10.1 Å². The molecule has 0 radical (unpaired) electrons. The van der Waals surface area contributed by atoms with E-state index in [1.165, 1.54) is 28.0 Å². The second kappa shape index (κ2) is 8.48. The highest BCUT2D eigenvalue weighted by atomic mass is 32.2. The summed E-state index contributed by atoms with van der Waals surface area (Å²) in [6.07, 6.45) is 1.80. The van der Waals surface area contributed by atoms with Crippen LogP contribution in [0, 0.1) is 0 Å². The molecule has 2 aromatic rings. The molecule has 1 saturated heterocycles. The number of para-hydroxylation sites is 2. The molecular formula is C18H16N2O3S3. The monoisotopic (exact) mass is 404 g/mol. The van der Waals surface area contributed by atoms with Crippen molar-refractivity contribution in [1.29, 1.82) is 0 Å². The molecule has 0 bridgehead atoms. The quantitative estimate of drug-likeness (QED) is 0.583. The van der Waals surface area contributed by atoms with Crippen LogP contribution in [-0.4, -0.2) is 34.2 Å². The van der Waals surface area contributed by atoms with Gasteiger partial charge in [0, 0.05) is 4.88 Å². The van der Waals surface area contributed by atoms with Crippen LogP contribution in [0.3, 0.4) is 0 Å². The molecule has 26 heavy (non-hydrogen) atoms. The maximum atomic E-state index is 12.5. The lowest BCUT2D eigenvalue weighted by Gasteiger charge is -2.15. The summed E-state index contributed by atoms with van der Waals surface area (Å²) in [6.45, 7) is 2.24. The summed E-state index contributed by atoms with van der Waals surface area (Å²) >= 11 is 8.02. The Bertz CT molecular complexity index is 862. The average Bonchev–Trinajstić information content (AvgIpc) is 3.21. The molecule has 2 amide bonds. The number of thiophene rings is 1. The molecule has 134 valence electrons. The molecule has 1 aliphatic rings. The van der Waals surface area contributed by atoms with E-state index in [2.05, 4.69) is 5.32 Å². The van der Waals surface area contributed by atoms with Crippen molar-refractivity contribution in [3.8, 4) is 5.75 Å². The number of carbonyl (C=O) groups excluding carboxylic acids is 2. The highest BCUT2D eigenvalue weighted by molar-refractivity contribution is 8.26. The molecule has 3 rings (SSSR count). The van der Waals surface area contributed by atoms with Crippen molar-refractivity contribution in [2.75, 3.05) is 18.5 Å². The van der Waals surface area contributed by atoms with E-state index in [-0.39, 0.29) is 18.4 Å². The number of rotatable bonds is 6. The Morgan fingerprint density at radius 1 is 1.31 bits per heavy atom. The number of benzene rings is 1. The van der Waals surface area contributed by atoms with Gasteiger partial charge in [-0.15, -0.1) is 11.3 Å². The number of thioether (sulfide) groups is 1. The van der Waals surface area contributed by atoms with Gasteiger partial charge in [0.1, 0.15) is 16.6 Å². The van der Waals surface area contributed by atoms with Crippen LogP contribution in [-0.2, 0) is 9.59 Å². The zero-order valence-electron chi connectivity index (χ0n) is 13.9. The van der Waals surface area contributed by atoms with Crippen LogP contribution >= 0.6 is 35.3 Å². The van der Waals surface area contributed by atoms with Crippen molar-refractivity contribution < 1.29 is 14.3 Å². The van der Waals surface area contributed by atoms with E-state index in [4.69, 9.17) is 17.0 Å². The van der Waals surface area contributed by atoms with Gasteiger partial charge in [0.25, 0.3) is 5.91 Å². The summed E-state index contributed by atoms with van der Waals surface area (Å²) in [6, 6.07) is 11.0. The fourth-order valence-corrected chi connectivity index (χ4v) is 4.30. The number of hydrogen-bond donors (Lipinski definition) is 1. The summed E-state index contributed by atoms with van der Waals surface area (Å²) < 4.78 is 5.87. The van der Waals surface area contributed by atoms with E-state index in [0.29, 0.717) is 27.3 Å². The number of nitrogens with one attached hydrogen (secondary N) is 1. The SMILES string of the molecule is CCOc1ccccc1NC(=O)CN1C(=O)/C(=C\c2cccs2)SC1=S. The zero-order valence-corrected chi connectivity index (χ0v) is 16.4. The van der Waals surface area contributed by atoms with Gasteiger partial charge in [0.05, 0.1) is 17.2 Å². The van der Waals surface area contributed by atoms with Crippen LogP contribution in [0.1, 0.15) is 11.8 Å². The molecule has 0 spiro atoms. The molecule has 1 N–H and O–H groups in total. The molecule has 8 heteroatoms. The predicted octanol–water partition coefficient (Wildman–Crippen LogP) is 3.99. The largest absolute Gasteiger partial charge is 0.492 e.